The molecule has 0 aliphatic rings. The Morgan fingerprint density at radius 1 is 0.963 bits per heavy atom. The number of H-pyrrole nitrogens is 1. The first-order chi connectivity index (χ1) is 13.1. The number of nitrogen functional groups attached to an aromatic ring is 1. The summed E-state index contributed by atoms with van der Waals surface area (Å²) in [6, 6.07) is 19.0. The number of benzene rings is 2. The fraction of sp³-hybridized carbons (Fsp3) is 0. The number of aromatic nitrogens is 2. The molecule has 4 rings (SSSR count). The summed E-state index contributed by atoms with van der Waals surface area (Å²) in [4.78, 5) is 7.58. The minimum absolute atomic E-state index is 0.0849. The van der Waals surface area contributed by atoms with Gasteiger partial charge in [-0.25, -0.2) is 4.98 Å². The van der Waals surface area contributed by atoms with Crippen LogP contribution in [0.1, 0.15) is 11.1 Å². The van der Waals surface area contributed by atoms with E-state index < -0.39 is 0 Å². The number of nitrogens with one attached hydrogen (secondary N) is 1. The van der Waals surface area contributed by atoms with Gasteiger partial charge in [0.1, 0.15) is 23.5 Å². The van der Waals surface area contributed by atoms with Gasteiger partial charge in [0.2, 0.25) is 0 Å². The van der Waals surface area contributed by atoms with Crippen molar-refractivity contribution < 1.29 is 0 Å². The third-order valence-corrected chi connectivity index (χ3v) is 4.68. The number of para-hydroxylation sites is 1. The van der Waals surface area contributed by atoms with Crippen LogP contribution in [0.25, 0.3) is 33.3 Å². The smallest absolute Gasteiger partial charge is 0.142 e. The molecule has 0 amide bonds. The zero-order valence-corrected chi connectivity index (χ0v) is 14.7. The van der Waals surface area contributed by atoms with Crippen molar-refractivity contribution in [3.63, 3.8) is 0 Å². The maximum atomic E-state index is 9.92. The summed E-state index contributed by atoms with van der Waals surface area (Å²) in [5.74, 6) is 0.0849. The molecule has 0 aliphatic heterocycles. The average molecular weight is 370 g/mol. The van der Waals surface area contributed by atoms with Gasteiger partial charge in [-0.3, -0.25) is 0 Å². The lowest BCUT2D eigenvalue weighted by atomic mass is 9.92. The molecule has 5 nitrogen and oxygen atoms in total. The number of nitrogens with zero attached hydrogens (tertiary/aromatic N) is 3. The van der Waals surface area contributed by atoms with Gasteiger partial charge >= 0.3 is 0 Å². The van der Waals surface area contributed by atoms with Crippen LogP contribution in [-0.4, -0.2) is 9.97 Å². The van der Waals surface area contributed by atoms with Crippen LogP contribution in [0.2, 0.25) is 5.02 Å². The summed E-state index contributed by atoms with van der Waals surface area (Å²) in [5, 5.41) is 21.0. The highest BCUT2D eigenvalue weighted by molar-refractivity contribution is 6.30. The van der Waals surface area contributed by atoms with Crippen LogP contribution in [-0.2, 0) is 0 Å². The molecule has 128 valence electrons. The highest BCUT2D eigenvalue weighted by atomic mass is 35.5. The Bertz CT molecular complexity index is 1260. The zero-order chi connectivity index (χ0) is 19.0. The molecule has 0 unspecified atom stereocenters. The molecule has 2 aromatic heterocycles. The Kier molecular flexibility index (Phi) is 4.01. The number of hydrogen-bond acceptors (Lipinski definition) is 4. The molecule has 4 aromatic rings. The van der Waals surface area contributed by atoms with Crippen LogP contribution in [0, 0.1) is 22.7 Å². The number of nitrogens with two attached hydrogens (primary N) is 1. The number of fused-ring (bicyclic) bond motifs is 1. The lowest BCUT2D eigenvalue weighted by Crippen LogP contribution is -2.03. The first-order valence-electron chi connectivity index (χ1n) is 8.10. The van der Waals surface area contributed by atoms with Crippen LogP contribution in [0.15, 0.2) is 54.7 Å². The van der Waals surface area contributed by atoms with Crippen molar-refractivity contribution >= 4 is 28.3 Å². The van der Waals surface area contributed by atoms with Gasteiger partial charge in [0, 0.05) is 33.2 Å². The molecule has 0 saturated heterocycles. The molecule has 0 aliphatic carbocycles. The monoisotopic (exact) mass is 369 g/mol. The van der Waals surface area contributed by atoms with E-state index in [0.29, 0.717) is 27.4 Å². The Labute approximate surface area is 160 Å². The van der Waals surface area contributed by atoms with E-state index >= 15 is 0 Å². The summed E-state index contributed by atoms with van der Waals surface area (Å²) in [7, 11) is 0. The summed E-state index contributed by atoms with van der Waals surface area (Å²) in [6.07, 6.45) is 1.80. The van der Waals surface area contributed by atoms with Crippen molar-refractivity contribution in [3.05, 3.63) is 70.9 Å². The number of rotatable bonds is 2. The van der Waals surface area contributed by atoms with E-state index in [0.717, 1.165) is 16.5 Å². The number of halogens is 1. The summed E-state index contributed by atoms with van der Waals surface area (Å²) in [6.45, 7) is 0. The van der Waals surface area contributed by atoms with E-state index in [1.54, 1.807) is 30.5 Å². The van der Waals surface area contributed by atoms with Gasteiger partial charge in [-0.15, -0.1) is 0 Å². The predicted octanol–water partition coefficient (Wildman–Crippen LogP) is 4.88. The second kappa shape index (κ2) is 6.49. The number of aromatic amines is 1. The van der Waals surface area contributed by atoms with Gasteiger partial charge < -0.3 is 10.7 Å². The molecule has 2 heterocycles. The minimum atomic E-state index is 0.0849. The Morgan fingerprint density at radius 3 is 2.37 bits per heavy atom. The van der Waals surface area contributed by atoms with Crippen molar-refractivity contribution in [2.75, 3.05) is 5.73 Å². The minimum Gasteiger partial charge on any atom is -0.383 e. The molecular weight excluding hydrogens is 358 g/mol. The van der Waals surface area contributed by atoms with E-state index in [9.17, 15) is 10.5 Å². The third-order valence-electron chi connectivity index (χ3n) is 4.43. The molecule has 3 N–H and O–H groups in total. The van der Waals surface area contributed by atoms with Crippen LogP contribution in [0.5, 0.6) is 0 Å². The van der Waals surface area contributed by atoms with Crippen molar-refractivity contribution in [2.45, 2.75) is 0 Å². The van der Waals surface area contributed by atoms with E-state index in [2.05, 4.69) is 22.1 Å². The van der Waals surface area contributed by atoms with E-state index in [1.165, 1.54) is 0 Å². The molecule has 0 spiro atoms. The van der Waals surface area contributed by atoms with Gasteiger partial charge in [-0.2, -0.15) is 10.5 Å². The molecule has 0 fully saturated rings. The molecular formula is C21H12ClN5. The molecule has 0 atom stereocenters. The second-order valence-corrected chi connectivity index (χ2v) is 6.39. The van der Waals surface area contributed by atoms with Gasteiger partial charge in [-0.05, 0) is 23.8 Å². The van der Waals surface area contributed by atoms with Gasteiger partial charge in [0.15, 0.2) is 0 Å². The number of anilines is 1. The highest BCUT2D eigenvalue weighted by Gasteiger charge is 2.22. The Hall–Kier alpha value is -3.80. The molecule has 2 aromatic carbocycles. The molecule has 0 saturated carbocycles. The normalized spacial score (nSPS) is 10.5. The van der Waals surface area contributed by atoms with Crippen LogP contribution < -0.4 is 5.73 Å². The van der Waals surface area contributed by atoms with E-state index in [-0.39, 0.29) is 11.4 Å². The summed E-state index contributed by atoms with van der Waals surface area (Å²) >= 11 is 5.98. The third kappa shape index (κ3) is 2.67. The number of hydrogen-bond donors (Lipinski definition) is 2. The van der Waals surface area contributed by atoms with Crippen molar-refractivity contribution in [1.82, 2.24) is 9.97 Å². The molecule has 27 heavy (non-hydrogen) atoms. The fourth-order valence-corrected chi connectivity index (χ4v) is 3.32. The largest absolute Gasteiger partial charge is 0.383 e. The average Bonchev–Trinajstić information content (AvgIpc) is 3.12. The number of pyridine rings is 1. The first kappa shape index (κ1) is 16.7. The van der Waals surface area contributed by atoms with Crippen LogP contribution in [0.4, 0.5) is 5.82 Å². The fourth-order valence-electron chi connectivity index (χ4n) is 3.19. The van der Waals surface area contributed by atoms with Crippen molar-refractivity contribution in [3.8, 4) is 34.5 Å². The standard InChI is InChI=1S/C21H12ClN5/c22-13-7-5-12(6-8-13)19-15(9-23)20(27-21(25)16(19)10-24)17-11-26-18-4-2-1-3-14(17)18/h1-8,11,26H,(H2,25,27). The van der Waals surface area contributed by atoms with Crippen molar-refractivity contribution in [2.24, 2.45) is 0 Å². The molecule has 0 bridgehead atoms. The van der Waals surface area contributed by atoms with Crippen LogP contribution in [0.3, 0.4) is 0 Å². The highest BCUT2D eigenvalue weighted by Crippen LogP contribution is 2.38. The maximum Gasteiger partial charge on any atom is 0.142 e. The SMILES string of the molecule is N#Cc1c(N)nc(-c2c[nH]c3ccccc23)c(C#N)c1-c1ccc(Cl)cc1. The second-order valence-electron chi connectivity index (χ2n) is 5.95. The van der Waals surface area contributed by atoms with Gasteiger partial charge in [0.05, 0.1) is 11.3 Å². The predicted molar refractivity (Wildman–Crippen MR) is 106 cm³/mol. The quantitative estimate of drug-likeness (QED) is 0.525. The first-order valence-corrected chi connectivity index (χ1v) is 8.48. The Morgan fingerprint density at radius 2 is 1.67 bits per heavy atom. The zero-order valence-electron chi connectivity index (χ0n) is 14.0. The topological polar surface area (TPSA) is 102 Å². The van der Waals surface area contributed by atoms with Crippen molar-refractivity contribution in [1.29, 1.82) is 10.5 Å². The van der Waals surface area contributed by atoms with Gasteiger partial charge in [0.25, 0.3) is 0 Å². The Balaban J connectivity index is 2.09. The van der Waals surface area contributed by atoms with Gasteiger partial charge in [-0.1, -0.05) is 41.9 Å². The van der Waals surface area contributed by atoms with Crippen LogP contribution >= 0.6 is 11.6 Å². The lowest BCUT2D eigenvalue weighted by Gasteiger charge is -2.13. The van der Waals surface area contributed by atoms with E-state index in [1.807, 2.05) is 24.3 Å². The van der Waals surface area contributed by atoms with E-state index in [4.69, 9.17) is 17.3 Å². The number of nitriles is 2. The summed E-state index contributed by atoms with van der Waals surface area (Å²) < 4.78 is 0. The summed E-state index contributed by atoms with van der Waals surface area (Å²) in [5.41, 5.74) is 9.84. The molecule has 0 radical (unpaired) electrons. The lowest BCUT2D eigenvalue weighted by molar-refractivity contribution is 1.29. The molecule has 6 heteroatoms. The maximum absolute atomic E-state index is 9.92.